The lowest BCUT2D eigenvalue weighted by Gasteiger charge is -2.09. The van der Waals surface area contributed by atoms with Crippen LogP contribution in [-0.2, 0) is 14.3 Å². The van der Waals surface area contributed by atoms with E-state index in [1.807, 2.05) is 13.8 Å². The van der Waals surface area contributed by atoms with Crippen molar-refractivity contribution in [2.75, 3.05) is 32.8 Å². The first-order valence-electron chi connectivity index (χ1n) is 8.87. The molecule has 24 heavy (non-hydrogen) atoms. The van der Waals surface area contributed by atoms with Crippen LogP contribution in [0, 0.1) is 11.8 Å². The van der Waals surface area contributed by atoms with Crippen molar-refractivity contribution in [3.05, 3.63) is 0 Å². The van der Waals surface area contributed by atoms with Crippen LogP contribution in [0.2, 0.25) is 0 Å². The minimum Gasteiger partial charge on any atom is -0.377 e. The lowest BCUT2D eigenvalue weighted by molar-refractivity contribution is -0.114. The van der Waals surface area contributed by atoms with Gasteiger partial charge in [-0.3, -0.25) is 4.79 Å². The second-order valence-corrected chi connectivity index (χ2v) is 7.06. The van der Waals surface area contributed by atoms with Gasteiger partial charge in [-0.25, -0.2) is 0 Å². The molecule has 6 heteroatoms. The number of nitrogens with one attached hydrogen (secondary N) is 1. The van der Waals surface area contributed by atoms with Gasteiger partial charge in [0.05, 0.1) is 25.4 Å². The third kappa shape index (κ3) is 37.8. The number of carbonyl (C=O) groups excluding carboxylic acids is 1. The molecule has 0 atom stereocenters. The number of carbonyl (C=O) groups is 1. The van der Waals surface area contributed by atoms with Crippen molar-refractivity contribution in [3.63, 3.8) is 0 Å². The first kappa shape index (κ1) is 28.6. The normalized spacial score (nSPS) is 10.6. The highest BCUT2D eigenvalue weighted by molar-refractivity contribution is 6.63. The minimum absolute atomic E-state index is 0.0216. The Hall–Kier alpha value is -0.200. The Balaban J connectivity index is -0.000000294. The fourth-order valence-electron chi connectivity index (χ4n) is 1.06. The second-order valence-electron chi connectivity index (χ2n) is 6.68. The first-order chi connectivity index (χ1) is 11.0. The Morgan fingerprint density at radius 3 is 1.62 bits per heavy atom. The molecule has 0 aliphatic carbocycles. The van der Waals surface area contributed by atoms with Gasteiger partial charge in [0, 0.05) is 19.0 Å². The lowest BCUT2D eigenvalue weighted by Crippen LogP contribution is -2.24. The van der Waals surface area contributed by atoms with Crippen LogP contribution < -0.4 is 11.1 Å². The number of ether oxygens (including phenoxy) is 2. The fraction of sp³-hybridized carbons (Fsp3) is 0.944. The van der Waals surface area contributed by atoms with Gasteiger partial charge < -0.3 is 20.5 Å². The summed E-state index contributed by atoms with van der Waals surface area (Å²) in [6, 6.07) is 0. The van der Waals surface area contributed by atoms with Crippen LogP contribution in [0.4, 0.5) is 0 Å². The van der Waals surface area contributed by atoms with Gasteiger partial charge >= 0.3 is 0 Å². The van der Waals surface area contributed by atoms with E-state index in [1.165, 1.54) is 0 Å². The van der Waals surface area contributed by atoms with Crippen LogP contribution in [-0.4, -0.2) is 50.3 Å². The Labute approximate surface area is 155 Å². The molecule has 3 N–H and O–H groups in total. The van der Waals surface area contributed by atoms with Gasteiger partial charge in [-0.1, -0.05) is 27.7 Å². The Kier molecular flexibility index (Phi) is 24.8. The number of hydrogen-bond donors (Lipinski definition) is 2. The molecule has 0 aromatic heterocycles. The molecule has 0 aliphatic rings. The zero-order valence-electron chi connectivity index (χ0n) is 17.0. The van der Waals surface area contributed by atoms with Crippen LogP contribution in [0.5, 0.6) is 0 Å². The van der Waals surface area contributed by atoms with Crippen molar-refractivity contribution >= 4 is 16.8 Å². The van der Waals surface area contributed by atoms with E-state index in [0.717, 1.165) is 25.6 Å². The van der Waals surface area contributed by atoms with Crippen LogP contribution in [0.1, 0.15) is 55.4 Å². The van der Waals surface area contributed by atoms with Crippen molar-refractivity contribution < 1.29 is 14.3 Å². The summed E-state index contributed by atoms with van der Waals surface area (Å²) in [5.41, 5.74) is 5.15. The molecule has 0 saturated heterocycles. The lowest BCUT2D eigenvalue weighted by atomic mass is 10.2. The molecule has 0 rings (SSSR count). The van der Waals surface area contributed by atoms with E-state index in [1.54, 1.807) is 13.8 Å². The second kappa shape index (κ2) is 20.8. The van der Waals surface area contributed by atoms with E-state index in [2.05, 4.69) is 33.0 Å². The van der Waals surface area contributed by atoms with Crippen LogP contribution >= 0.6 is 11.6 Å². The monoisotopic (exact) mass is 368 g/mol. The quantitative estimate of drug-likeness (QED) is 0.456. The average Bonchev–Trinajstić information content (AvgIpc) is 2.45. The maximum atomic E-state index is 9.91. The first-order valence-corrected chi connectivity index (χ1v) is 9.25. The molecular formula is C18H41ClN2O3. The van der Waals surface area contributed by atoms with E-state index >= 15 is 0 Å². The summed E-state index contributed by atoms with van der Waals surface area (Å²) in [6.45, 7) is 20.2. The van der Waals surface area contributed by atoms with Gasteiger partial charge in [0.2, 0.25) is 5.24 Å². The Morgan fingerprint density at radius 1 is 0.958 bits per heavy atom. The van der Waals surface area contributed by atoms with Crippen LogP contribution in [0.3, 0.4) is 0 Å². The zero-order chi connectivity index (χ0) is 19.5. The van der Waals surface area contributed by atoms with Crippen LogP contribution in [0.15, 0.2) is 0 Å². The summed E-state index contributed by atoms with van der Waals surface area (Å²) < 4.78 is 10.4. The highest BCUT2D eigenvalue weighted by Crippen LogP contribution is 1.95. The average molecular weight is 369 g/mol. The van der Waals surface area contributed by atoms with Crippen LogP contribution in [0.25, 0.3) is 0 Å². The highest BCUT2D eigenvalue weighted by atomic mass is 35.5. The predicted octanol–water partition coefficient (Wildman–Crippen LogP) is 3.43. The van der Waals surface area contributed by atoms with E-state index < -0.39 is 0 Å². The van der Waals surface area contributed by atoms with Crippen molar-refractivity contribution in [3.8, 4) is 0 Å². The van der Waals surface area contributed by atoms with E-state index in [-0.39, 0.29) is 11.2 Å². The fourth-order valence-corrected chi connectivity index (χ4v) is 1.06. The molecule has 0 aliphatic heterocycles. The summed E-state index contributed by atoms with van der Waals surface area (Å²) in [7, 11) is 0. The smallest absolute Gasteiger partial charge is 0.224 e. The standard InChI is InChI=1S/C9H21NO.C5H13NO.C4H7ClO/c1-8(2)7-10-5-6-11-9(3)4;1-5(2)7-4-3-6;1-3(2)4(5)6/h8-10H,5-7H2,1-4H3;5H,3-4,6H2,1-2H3;3H,1-2H3. The molecule has 0 bridgehead atoms. The number of nitrogens with two attached hydrogens (primary N) is 1. The molecule has 0 spiro atoms. The molecule has 5 nitrogen and oxygen atoms in total. The maximum Gasteiger partial charge on any atom is 0.224 e. The predicted molar refractivity (Wildman–Crippen MR) is 105 cm³/mol. The molecule has 0 aromatic carbocycles. The summed E-state index contributed by atoms with van der Waals surface area (Å²) in [4.78, 5) is 9.91. The molecule has 0 saturated carbocycles. The Bertz CT molecular complexity index is 251. The maximum absolute atomic E-state index is 9.91. The highest BCUT2D eigenvalue weighted by Gasteiger charge is 1.98. The number of hydrogen-bond acceptors (Lipinski definition) is 5. The summed E-state index contributed by atoms with van der Waals surface area (Å²) >= 11 is 4.97. The molecule has 0 heterocycles. The van der Waals surface area contributed by atoms with E-state index in [9.17, 15) is 4.79 Å². The molecule has 0 aromatic rings. The summed E-state index contributed by atoms with van der Waals surface area (Å²) in [5, 5.41) is 3.05. The SMILES string of the molecule is CC(C)C(=O)Cl.CC(C)CNCCOC(C)C.CC(C)OCCN. The molecular weight excluding hydrogens is 328 g/mol. The molecule has 148 valence electrons. The number of halogens is 1. The minimum atomic E-state index is -0.269. The van der Waals surface area contributed by atoms with Crippen molar-refractivity contribution in [2.45, 2.75) is 67.6 Å². The molecule has 0 fully saturated rings. The summed E-state index contributed by atoms with van der Waals surface area (Å²) in [6.07, 6.45) is 0.680. The van der Waals surface area contributed by atoms with Crippen molar-refractivity contribution in [1.82, 2.24) is 5.32 Å². The molecule has 0 amide bonds. The third-order valence-electron chi connectivity index (χ3n) is 2.31. The molecule has 0 radical (unpaired) electrons. The van der Waals surface area contributed by atoms with E-state index in [4.69, 9.17) is 26.8 Å². The zero-order valence-corrected chi connectivity index (χ0v) is 17.8. The van der Waals surface area contributed by atoms with Gasteiger partial charge in [0.15, 0.2) is 0 Å². The van der Waals surface area contributed by atoms with Gasteiger partial charge in [0.1, 0.15) is 0 Å². The topological polar surface area (TPSA) is 73.6 Å². The summed E-state index contributed by atoms with van der Waals surface area (Å²) in [5.74, 6) is 0.709. The van der Waals surface area contributed by atoms with Crippen molar-refractivity contribution in [2.24, 2.45) is 17.6 Å². The van der Waals surface area contributed by atoms with Gasteiger partial charge in [0.25, 0.3) is 0 Å². The number of rotatable bonds is 10. The third-order valence-corrected chi connectivity index (χ3v) is 2.74. The van der Waals surface area contributed by atoms with Crippen molar-refractivity contribution in [1.29, 1.82) is 0 Å². The largest absolute Gasteiger partial charge is 0.377 e. The molecule has 0 unspecified atom stereocenters. The van der Waals surface area contributed by atoms with Gasteiger partial charge in [-0.2, -0.15) is 0 Å². The van der Waals surface area contributed by atoms with E-state index in [0.29, 0.717) is 25.4 Å². The van der Waals surface area contributed by atoms with Gasteiger partial charge in [-0.05, 0) is 51.8 Å². The van der Waals surface area contributed by atoms with Gasteiger partial charge in [-0.15, -0.1) is 0 Å². The Morgan fingerprint density at radius 2 is 1.38 bits per heavy atom.